The van der Waals surface area contributed by atoms with Gasteiger partial charge in [0.1, 0.15) is 5.82 Å². The number of nitrogens with zero attached hydrogens (tertiary/aromatic N) is 2. The lowest BCUT2D eigenvalue weighted by molar-refractivity contribution is 0.280. The Morgan fingerprint density at radius 2 is 2.05 bits per heavy atom. The van der Waals surface area contributed by atoms with Gasteiger partial charge in [0.25, 0.3) is 0 Å². The van der Waals surface area contributed by atoms with Gasteiger partial charge in [-0.1, -0.05) is 6.07 Å². The third-order valence-electron chi connectivity index (χ3n) is 3.70. The Balaban J connectivity index is 1.85. The van der Waals surface area contributed by atoms with Crippen molar-refractivity contribution >= 4 is 17.5 Å². The lowest BCUT2D eigenvalue weighted by Crippen LogP contribution is -2.03. The van der Waals surface area contributed by atoms with Crippen molar-refractivity contribution < 1.29 is 5.11 Å². The van der Waals surface area contributed by atoms with E-state index in [1.807, 2.05) is 32.2 Å². The summed E-state index contributed by atoms with van der Waals surface area (Å²) in [4.78, 5) is 8.75. The zero-order chi connectivity index (χ0) is 14.8. The molecule has 0 bridgehead atoms. The summed E-state index contributed by atoms with van der Waals surface area (Å²) < 4.78 is 0. The predicted molar refractivity (Wildman–Crippen MR) is 83.9 cm³/mol. The quantitative estimate of drug-likeness (QED) is 0.787. The van der Waals surface area contributed by atoms with Crippen LogP contribution in [0.15, 0.2) is 24.3 Å². The highest BCUT2D eigenvalue weighted by atomic mass is 16.3. The van der Waals surface area contributed by atoms with Crippen LogP contribution >= 0.6 is 0 Å². The smallest absolute Gasteiger partial charge is 0.229 e. The van der Waals surface area contributed by atoms with E-state index < -0.39 is 0 Å². The normalized spacial score (nSPS) is 14.0. The fraction of sp³-hybridized carbons (Fsp3) is 0.375. The lowest BCUT2D eigenvalue weighted by Gasteiger charge is -2.11. The minimum atomic E-state index is 0.0673. The highest BCUT2D eigenvalue weighted by Gasteiger charge is 2.25. The van der Waals surface area contributed by atoms with E-state index >= 15 is 0 Å². The number of hydrogen-bond donors (Lipinski definition) is 3. The van der Waals surface area contributed by atoms with Crippen LogP contribution in [-0.4, -0.2) is 22.1 Å². The molecule has 0 radical (unpaired) electrons. The van der Waals surface area contributed by atoms with Gasteiger partial charge < -0.3 is 15.7 Å². The predicted octanol–water partition coefficient (Wildman–Crippen LogP) is 2.94. The minimum Gasteiger partial charge on any atom is -0.392 e. The van der Waals surface area contributed by atoms with E-state index in [1.165, 1.54) is 18.4 Å². The maximum absolute atomic E-state index is 9.54. The average Bonchev–Trinajstić information content (AvgIpc) is 3.31. The van der Waals surface area contributed by atoms with Gasteiger partial charge in [0.2, 0.25) is 5.95 Å². The number of aryl methyl sites for hydroxylation is 1. The van der Waals surface area contributed by atoms with E-state index in [2.05, 4.69) is 26.7 Å². The molecule has 3 rings (SSSR count). The van der Waals surface area contributed by atoms with Gasteiger partial charge in [-0.05, 0) is 48.9 Å². The Morgan fingerprint density at radius 1 is 1.24 bits per heavy atom. The second-order valence-corrected chi connectivity index (χ2v) is 5.44. The fourth-order valence-corrected chi connectivity index (χ4v) is 2.49. The molecule has 0 saturated heterocycles. The Bertz CT molecular complexity index is 653. The Hall–Kier alpha value is -2.14. The first-order valence-electron chi connectivity index (χ1n) is 7.23. The molecule has 1 aliphatic rings. The molecule has 2 aromatic rings. The highest BCUT2D eigenvalue weighted by molar-refractivity contribution is 5.58. The first-order valence-corrected chi connectivity index (χ1v) is 7.23. The summed E-state index contributed by atoms with van der Waals surface area (Å²) >= 11 is 0. The van der Waals surface area contributed by atoms with Crippen molar-refractivity contribution in [1.82, 2.24) is 9.97 Å². The standard InChI is InChI=1S/C16H20N4O/c1-10-7-15(17-2)20-16(18-10)19-13-5-6-14(11-3-4-11)12(8-13)9-21/h5-8,11,21H,3-4,9H2,1-2H3,(H2,17,18,19,20). The molecular weight excluding hydrogens is 264 g/mol. The van der Waals surface area contributed by atoms with Crippen molar-refractivity contribution in [3.63, 3.8) is 0 Å². The van der Waals surface area contributed by atoms with E-state index in [9.17, 15) is 5.11 Å². The summed E-state index contributed by atoms with van der Waals surface area (Å²) in [5, 5.41) is 15.8. The summed E-state index contributed by atoms with van der Waals surface area (Å²) in [5.41, 5.74) is 4.05. The van der Waals surface area contributed by atoms with E-state index in [-0.39, 0.29) is 6.61 Å². The van der Waals surface area contributed by atoms with Crippen LogP contribution in [0, 0.1) is 6.92 Å². The molecule has 0 unspecified atom stereocenters. The van der Waals surface area contributed by atoms with Crippen LogP contribution in [0.5, 0.6) is 0 Å². The molecule has 21 heavy (non-hydrogen) atoms. The van der Waals surface area contributed by atoms with E-state index in [0.29, 0.717) is 11.9 Å². The first-order chi connectivity index (χ1) is 10.2. The fourth-order valence-electron chi connectivity index (χ4n) is 2.49. The molecule has 1 aromatic carbocycles. The van der Waals surface area contributed by atoms with E-state index in [0.717, 1.165) is 22.8 Å². The van der Waals surface area contributed by atoms with Crippen LogP contribution in [0.2, 0.25) is 0 Å². The van der Waals surface area contributed by atoms with Crippen molar-refractivity contribution in [3.8, 4) is 0 Å². The molecule has 1 saturated carbocycles. The van der Waals surface area contributed by atoms with E-state index in [4.69, 9.17) is 0 Å². The molecule has 110 valence electrons. The molecule has 1 fully saturated rings. The molecule has 1 aromatic heterocycles. The number of nitrogens with one attached hydrogen (secondary N) is 2. The average molecular weight is 284 g/mol. The van der Waals surface area contributed by atoms with Crippen LogP contribution in [0.1, 0.15) is 35.6 Å². The number of aromatic nitrogens is 2. The summed E-state index contributed by atoms with van der Waals surface area (Å²) in [5.74, 6) is 1.97. The number of anilines is 3. The maximum Gasteiger partial charge on any atom is 0.229 e. The van der Waals surface area contributed by atoms with Crippen LogP contribution in [0.25, 0.3) is 0 Å². The lowest BCUT2D eigenvalue weighted by atomic mass is 10.0. The molecule has 3 N–H and O–H groups in total. The molecule has 5 nitrogen and oxygen atoms in total. The zero-order valence-electron chi connectivity index (χ0n) is 12.3. The zero-order valence-corrected chi connectivity index (χ0v) is 12.3. The Morgan fingerprint density at radius 3 is 2.71 bits per heavy atom. The number of aliphatic hydroxyl groups is 1. The first kappa shape index (κ1) is 13.8. The van der Waals surface area contributed by atoms with Gasteiger partial charge in [-0.3, -0.25) is 0 Å². The van der Waals surface area contributed by atoms with Gasteiger partial charge >= 0.3 is 0 Å². The number of hydrogen-bond acceptors (Lipinski definition) is 5. The third-order valence-corrected chi connectivity index (χ3v) is 3.70. The summed E-state index contributed by atoms with van der Waals surface area (Å²) in [6, 6.07) is 8.00. The summed E-state index contributed by atoms with van der Waals surface area (Å²) in [7, 11) is 1.83. The maximum atomic E-state index is 9.54. The van der Waals surface area contributed by atoms with Gasteiger partial charge in [0.15, 0.2) is 0 Å². The van der Waals surface area contributed by atoms with Crippen molar-refractivity contribution in [2.24, 2.45) is 0 Å². The van der Waals surface area contributed by atoms with Crippen molar-refractivity contribution in [2.45, 2.75) is 32.3 Å². The van der Waals surface area contributed by atoms with E-state index in [1.54, 1.807) is 0 Å². The molecule has 0 aliphatic heterocycles. The highest BCUT2D eigenvalue weighted by Crippen LogP contribution is 2.42. The Labute approximate surface area is 124 Å². The third kappa shape index (κ3) is 3.13. The van der Waals surface area contributed by atoms with Gasteiger partial charge in [-0.15, -0.1) is 0 Å². The van der Waals surface area contributed by atoms with Gasteiger partial charge in [0, 0.05) is 24.5 Å². The largest absolute Gasteiger partial charge is 0.392 e. The minimum absolute atomic E-state index is 0.0673. The number of rotatable bonds is 5. The van der Waals surface area contributed by atoms with Crippen molar-refractivity contribution in [2.75, 3.05) is 17.7 Å². The monoisotopic (exact) mass is 284 g/mol. The SMILES string of the molecule is CNc1cc(C)nc(Nc2ccc(C3CC3)c(CO)c2)n1. The second kappa shape index (κ2) is 5.69. The number of benzene rings is 1. The molecule has 1 aliphatic carbocycles. The molecule has 0 amide bonds. The van der Waals surface area contributed by atoms with Crippen molar-refractivity contribution in [1.29, 1.82) is 0 Å². The summed E-state index contributed by atoms with van der Waals surface area (Å²) in [6.45, 7) is 2.00. The van der Waals surface area contributed by atoms with Crippen molar-refractivity contribution in [3.05, 3.63) is 41.1 Å². The summed E-state index contributed by atoms with van der Waals surface area (Å²) in [6.07, 6.45) is 2.46. The number of aliphatic hydroxyl groups excluding tert-OH is 1. The van der Waals surface area contributed by atoms with Crippen LogP contribution < -0.4 is 10.6 Å². The van der Waals surface area contributed by atoms with Crippen LogP contribution in [0.3, 0.4) is 0 Å². The molecule has 5 heteroatoms. The molecule has 1 heterocycles. The molecule has 0 spiro atoms. The van der Waals surface area contributed by atoms with Crippen LogP contribution in [0.4, 0.5) is 17.5 Å². The second-order valence-electron chi connectivity index (χ2n) is 5.44. The van der Waals surface area contributed by atoms with Gasteiger partial charge in [0.05, 0.1) is 6.61 Å². The van der Waals surface area contributed by atoms with Gasteiger partial charge in [-0.2, -0.15) is 4.98 Å². The van der Waals surface area contributed by atoms with Crippen LogP contribution in [-0.2, 0) is 6.61 Å². The topological polar surface area (TPSA) is 70.1 Å². The molecule has 0 atom stereocenters. The van der Waals surface area contributed by atoms with Gasteiger partial charge in [-0.25, -0.2) is 4.98 Å². The Kier molecular flexibility index (Phi) is 3.75. The molecular formula is C16H20N4O.